The summed E-state index contributed by atoms with van der Waals surface area (Å²) in [5.41, 5.74) is 8.21. The summed E-state index contributed by atoms with van der Waals surface area (Å²) in [5, 5.41) is 12.8. The summed E-state index contributed by atoms with van der Waals surface area (Å²) < 4.78 is 105. The van der Waals surface area contributed by atoms with E-state index in [1.54, 1.807) is 24.4 Å². The third-order valence-corrected chi connectivity index (χ3v) is 16.5. The van der Waals surface area contributed by atoms with Crippen LogP contribution in [-0.2, 0) is 32.5 Å². The van der Waals surface area contributed by atoms with Crippen LogP contribution in [0.3, 0.4) is 0 Å². The number of hydrogen-bond acceptors (Lipinski definition) is 3. The number of rotatable bonds is 12. The molecule has 8 rings (SSSR count). The van der Waals surface area contributed by atoms with Crippen molar-refractivity contribution in [2.24, 2.45) is 0 Å². The van der Waals surface area contributed by atoms with Gasteiger partial charge >= 0.3 is 0 Å². The summed E-state index contributed by atoms with van der Waals surface area (Å²) in [4.78, 5) is 10.5. The number of aryl methyl sites for hydroxylation is 1. The first-order chi connectivity index (χ1) is 40.0. The molecule has 8 aromatic rings. The van der Waals surface area contributed by atoms with Crippen molar-refractivity contribution in [2.75, 3.05) is 0 Å². The van der Waals surface area contributed by atoms with E-state index in [0.29, 0.717) is 44.9 Å². The molecule has 0 saturated heterocycles. The number of nitrogens with zero attached hydrogens (tertiary/aromatic N) is 3. The number of aromatic hydroxyl groups is 1. The summed E-state index contributed by atoms with van der Waals surface area (Å²) in [6.45, 7) is 19.7. The fourth-order valence-electron chi connectivity index (χ4n) is 10.6. The highest BCUT2D eigenvalue weighted by atomic mass is 16.3. The van der Waals surface area contributed by atoms with E-state index in [4.69, 9.17) is 22.3 Å². The van der Waals surface area contributed by atoms with Crippen LogP contribution in [0.1, 0.15) is 205 Å². The first-order valence-corrected chi connectivity index (χ1v) is 26.9. The van der Waals surface area contributed by atoms with Gasteiger partial charge in [0.1, 0.15) is 11.6 Å². The van der Waals surface area contributed by atoms with E-state index in [1.165, 1.54) is 23.3 Å². The van der Waals surface area contributed by atoms with Gasteiger partial charge in [-0.25, -0.2) is 4.98 Å². The predicted octanol–water partition coefficient (Wildman–Crippen LogP) is 20.1. The minimum absolute atomic E-state index is 0.0554. The lowest BCUT2D eigenvalue weighted by atomic mass is 9.68. The van der Waals surface area contributed by atoms with Gasteiger partial charge in [-0.2, -0.15) is 0 Å². The maximum Gasteiger partial charge on any atom is 0.149 e. The molecule has 6 aromatic carbocycles. The van der Waals surface area contributed by atoms with E-state index >= 15 is 0 Å². The Hall–Kier alpha value is -6.26. The zero-order valence-corrected chi connectivity index (χ0v) is 47.2. The van der Waals surface area contributed by atoms with Crippen molar-refractivity contribution >= 4 is 11.0 Å². The van der Waals surface area contributed by atoms with Crippen LogP contribution in [-0.4, -0.2) is 19.6 Å². The van der Waals surface area contributed by atoms with Crippen molar-refractivity contribution in [1.82, 2.24) is 14.5 Å². The van der Waals surface area contributed by atoms with Gasteiger partial charge in [0.15, 0.2) is 0 Å². The van der Waals surface area contributed by atoms with Gasteiger partial charge in [0, 0.05) is 39.3 Å². The number of fused-ring (bicyclic) bond motifs is 1. The molecule has 75 heavy (non-hydrogen) atoms. The molecule has 0 atom stereocenters. The molecular formula is C71H87N3O. The normalized spacial score (nSPS) is 16.0. The minimum atomic E-state index is -3.40. The Morgan fingerprint density at radius 3 is 1.65 bits per heavy atom. The lowest BCUT2D eigenvalue weighted by Gasteiger charge is -2.36. The van der Waals surface area contributed by atoms with Crippen LogP contribution in [0.4, 0.5) is 0 Å². The number of hydrogen-bond donors (Lipinski definition) is 1. The Bertz CT molecular complexity index is 3780. The maximum atomic E-state index is 12.8. The second kappa shape index (κ2) is 20.0. The summed E-state index contributed by atoms with van der Waals surface area (Å²) in [7, 11) is 0. The first-order valence-electron chi connectivity index (χ1n) is 32.9. The maximum absolute atomic E-state index is 12.8. The van der Waals surface area contributed by atoms with Gasteiger partial charge in [-0.3, -0.25) is 9.55 Å². The van der Waals surface area contributed by atoms with Crippen molar-refractivity contribution in [3.8, 4) is 67.5 Å². The predicted molar refractivity (Wildman–Crippen MR) is 323 cm³/mol. The quantitative estimate of drug-likeness (QED) is 0.133. The number of phenols is 1. The summed E-state index contributed by atoms with van der Waals surface area (Å²) in [6, 6.07) is 38.1. The van der Waals surface area contributed by atoms with E-state index in [-0.39, 0.29) is 38.5 Å². The Kier molecular flexibility index (Phi) is 10.9. The van der Waals surface area contributed by atoms with E-state index in [2.05, 4.69) is 146 Å². The first kappa shape index (κ1) is 41.0. The van der Waals surface area contributed by atoms with Crippen molar-refractivity contribution in [1.29, 1.82) is 0 Å². The Morgan fingerprint density at radius 1 is 0.493 bits per heavy atom. The monoisotopic (exact) mass is 1010 g/mol. The lowest BCUT2D eigenvalue weighted by molar-refractivity contribution is 0.426. The highest BCUT2D eigenvalue weighted by molar-refractivity contribution is 5.97. The number of phenolic OH excluding ortho intramolecular Hbond substituents is 1. The zero-order chi connectivity index (χ0) is 64.8. The molecule has 0 fully saturated rings. The fraction of sp³-hybridized carbons (Fsp3) is 0.408. The molecule has 0 saturated carbocycles. The fourth-order valence-corrected chi connectivity index (χ4v) is 10.6. The second-order valence-electron chi connectivity index (χ2n) is 24.7. The van der Waals surface area contributed by atoms with Gasteiger partial charge in [0.2, 0.25) is 0 Å². The number of para-hydroxylation sites is 1. The smallest absolute Gasteiger partial charge is 0.149 e. The molecule has 0 aliphatic carbocycles. The standard InChI is InChI=1S/C71H87N3O/c1-20-70(18,21-2)56-27-25-28-57(71(19,22-3)23-4)62(56)48-32-35-60(45(5)38-48)74-61-29-24-26-54(63(61)73-65(74)55-43-53(68(12,13)14)44-58(64(55)75)69(15,16)17)49-39-50(41-52(40-49)67(9,10)11)59-42-47(36-37-72-59)46-30-33-51(34-31-46)66(6,7)8/h24-44,75H,20-23H2,1-19H3/i5D3,6D3,7D3,8D3. The van der Waals surface area contributed by atoms with Crippen molar-refractivity contribution in [3.05, 3.63) is 166 Å². The average molecular weight is 1010 g/mol. The molecule has 2 aromatic heterocycles. The molecule has 0 spiro atoms. The molecule has 4 nitrogen and oxygen atoms in total. The molecule has 4 heteroatoms. The minimum Gasteiger partial charge on any atom is -0.507 e. The number of imidazole rings is 1. The van der Waals surface area contributed by atoms with Crippen molar-refractivity contribution in [3.63, 3.8) is 0 Å². The molecule has 0 aliphatic heterocycles. The zero-order valence-electron chi connectivity index (χ0n) is 59.2. The molecule has 0 radical (unpaired) electrons. The molecule has 0 bridgehead atoms. The van der Waals surface area contributed by atoms with Gasteiger partial charge in [-0.1, -0.05) is 197 Å². The van der Waals surface area contributed by atoms with Gasteiger partial charge in [0.05, 0.1) is 28.0 Å². The summed E-state index contributed by atoms with van der Waals surface area (Å²) >= 11 is 0. The molecule has 1 N–H and O–H groups in total. The summed E-state index contributed by atoms with van der Waals surface area (Å²) in [5.74, 6) is 0.432. The highest BCUT2D eigenvalue weighted by Crippen LogP contribution is 2.48. The molecule has 0 amide bonds. The van der Waals surface area contributed by atoms with Crippen molar-refractivity contribution < 1.29 is 21.6 Å². The SMILES string of the molecule is [2H]C([2H])([2H])c1cc(-c2c(C(C)(CC)CC)cccc2C(C)(CC)CC)ccc1-n1c(-c2cc(C(C)(C)C)cc(C(C)(C)C)c2O)nc2c(-c3cc(-c4cc(-c5ccc(C(C([2H])([2H])[2H])(C([2H])([2H])[2H])C([2H])([2H])[2H])cc5)ccn4)cc(C(C)(C)C)c3)cccc21. The summed E-state index contributed by atoms with van der Waals surface area (Å²) in [6.07, 6.45) is 5.23. The van der Waals surface area contributed by atoms with Crippen LogP contribution in [0.25, 0.3) is 72.7 Å². The van der Waals surface area contributed by atoms with E-state index in [0.717, 1.165) is 70.2 Å². The second-order valence-corrected chi connectivity index (χ2v) is 24.7. The third-order valence-electron chi connectivity index (χ3n) is 16.5. The van der Waals surface area contributed by atoms with Gasteiger partial charge in [-0.15, -0.1) is 0 Å². The molecule has 2 heterocycles. The van der Waals surface area contributed by atoms with Crippen LogP contribution in [0, 0.1) is 6.85 Å². The number of aromatic nitrogens is 3. The van der Waals surface area contributed by atoms with E-state index < -0.39 is 38.2 Å². The number of benzene rings is 6. The van der Waals surface area contributed by atoms with Gasteiger partial charge in [-0.05, 0) is 175 Å². The van der Waals surface area contributed by atoms with Crippen molar-refractivity contribution in [2.45, 2.75) is 189 Å². The van der Waals surface area contributed by atoms with Crippen LogP contribution in [0.2, 0.25) is 0 Å². The van der Waals surface area contributed by atoms with Gasteiger partial charge < -0.3 is 5.11 Å². The average Bonchev–Trinajstić information content (AvgIpc) is 1.30. The third kappa shape index (κ3) is 10.5. The molecular weight excluding hydrogens is 911 g/mol. The van der Waals surface area contributed by atoms with Crippen LogP contribution < -0.4 is 0 Å². The largest absolute Gasteiger partial charge is 0.507 e. The van der Waals surface area contributed by atoms with E-state index in [9.17, 15) is 9.22 Å². The van der Waals surface area contributed by atoms with E-state index in [1.807, 2.05) is 53.1 Å². The molecule has 0 aliphatic rings. The van der Waals surface area contributed by atoms with Gasteiger partial charge in [0.25, 0.3) is 0 Å². The van der Waals surface area contributed by atoms with Crippen LogP contribution in [0.5, 0.6) is 5.75 Å². The Balaban J connectivity index is 1.43. The topological polar surface area (TPSA) is 50.9 Å². The Labute approximate surface area is 469 Å². The highest BCUT2D eigenvalue weighted by Gasteiger charge is 2.34. The lowest BCUT2D eigenvalue weighted by Crippen LogP contribution is -2.25. The van der Waals surface area contributed by atoms with Crippen LogP contribution in [0.15, 0.2) is 128 Å². The molecule has 0 unspecified atom stereocenters. The number of pyridine rings is 1. The van der Waals surface area contributed by atoms with Crippen LogP contribution >= 0.6 is 0 Å². The molecule has 392 valence electrons. The Morgan fingerprint density at radius 2 is 1.08 bits per heavy atom.